The van der Waals surface area contributed by atoms with Crippen molar-refractivity contribution in [1.82, 2.24) is 4.98 Å². The number of aryl methyl sites for hydroxylation is 1. The molecular formula is C10H16N2. The highest BCUT2D eigenvalue weighted by atomic mass is 14.8. The lowest BCUT2D eigenvalue weighted by Crippen LogP contribution is -2.00. The molecule has 2 heteroatoms. The molecule has 1 N–H and O–H groups in total. The standard InChI is InChI=1S/C10H16N2/c1-4-8-9(5-2)12-7-6-10(8)11-3/h6-7H,4-5H2,1-3H3,(H,11,12). The van der Waals surface area contributed by atoms with Crippen LogP contribution in [0.3, 0.4) is 0 Å². The van der Waals surface area contributed by atoms with Gasteiger partial charge in [-0.05, 0) is 24.5 Å². The van der Waals surface area contributed by atoms with Gasteiger partial charge >= 0.3 is 0 Å². The predicted molar refractivity (Wildman–Crippen MR) is 52.5 cm³/mol. The number of hydrogen-bond acceptors (Lipinski definition) is 2. The fourth-order valence-electron chi connectivity index (χ4n) is 1.47. The molecule has 0 atom stereocenters. The predicted octanol–water partition coefficient (Wildman–Crippen LogP) is 2.25. The third-order valence-electron chi connectivity index (χ3n) is 2.10. The van der Waals surface area contributed by atoms with Gasteiger partial charge in [-0.3, -0.25) is 4.98 Å². The molecule has 0 unspecified atom stereocenters. The molecule has 0 fully saturated rings. The van der Waals surface area contributed by atoms with Crippen LogP contribution < -0.4 is 5.32 Å². The van der Waals surface area contributed by atoms with E-state index in [4.69, 9.17) is 0 Å². The first-order valence-electron chi connectivity index (χ1n) is 4.48. The number of rotatable bonds is 3. The third kappa shape index (κ3) is 1.58. The number of aromatic nitrogens is 1. The summed E-state index contributed by atoms with van der Waals surface area (Å²) in [7, 11) is 1.95. The summed E-state index contributed by atoms with van der Waals surface area (Å²) >= 11 is 0. The van der Waals surface area contributed by atoms with E-state index in [1.807, 2.05) is 19.3 Å². The monoisotopic (exact) mass is 164 g/mol. The van der Waals surface area contributed by atoms with Gasteiger partial charge in [0.2, 0.25) is 0 Å². The molecule has 0 aliphatic carbocycles. The Kier molecular flexibility index (Phi) is 3.09. The Morgan fingerprint density at radius 1 is 1.33 bits per heavy atom. The second kappa shape index (κ2) is 4.10. The lowest BCUT2D eigenvalue weighted by Gasteiger charge is -2.10. The van der Waals surface area contributed by atoms with E-state index in [2.05, 4.69) is 24.1 Å². The van der Waals surface area contributed by atoms with E-state index in [-0.39, 0.29) is 0 Å². The second-order valence-electron chi connectivity index (χ2n) is 2.74. The summed E-state index contributed by atoms with van der Waals surface area (Å²) in [5.41, 5.74) is 3.77. The fourth-order valence-corrected chi connectivity index (χ4v) is 1.47. The maximum Gasteiger partial charge on any atom is 0.0453 e. The van der Waals surface area contributed by atoms with Gasteiger partial charge < -0.3 is 5.32 Å². The van der Waals surface area contributed by atoms with Crippen molar-refractivity contribution >= 4 is 5.69 Å². The maximum atomic E-state index is 4.34. The normalized spacial score (nSPS) is 9.92. The van der Waals surface area contributed by atoms with Gasteiger partial charge in [0.15, 0.2) is 0 Å². The summed E-state index contributed by atoms with van der Waals surface area (Å²) in [5.74, 6) is 0. The first-order chi connectivity index (χ1) is 5.83. The van der Waals surface area contributed by atoms with Gasteiger partial charge in [0.1, 0.15) is 0 Å². The Bertz CT molecular complexity index is 234. The van der Waals surface area contributed by atoms with Crippen LogP contribution >= 0.6 is 0 Å². The van der Waals surface area contributed by atoms with E-state index in [1.165, 1.54) is 16.9 Å². The zero-order valence-corrected chi connectivity index (χ0v) is 8.02. The summed E-state index contributed by atoms with van der Waals surface area (Å²) in [4.78, 5) is 4.34. The molecule has 0 saturated carbocycles. The summed E-state index contributed by atoms with van der Waals surface area (Å²) in [6.45, 7) is 4.30. The van der Waals surface area contributed by atoms with E-state index in [0.717, 1.165) is 12.8 Å². The lowest BCUT2D eigenvalue weighted by molar-refractivity contribution is 0.965. The molecule has 0 bridgehead atoms. The molecule has 12 heavy (non-hydrogen) atoms. The quantitative estimate of drug-likeness (QED) is 0.741. The average Bonchev–Trinajstić information content (AvgIpc) is 2.16. The number of nitrogens with one attached hydrogen (secondary N) is 1. The van der Waals surface area contributed by atoms with Crippen LogP contribution in [0.25, 0.3) is 0 Å². The summed E-state index contributed by atoms with van der Waals surface area (Å²) in [6, 6.07) is 2.03. The highest BCUT2D eigenvalue weighted by Gasteiger charge is 2.03. The first-order valence-corrected chi connectivity index (χ1v) is 4.48. The van der Waals surface area contributed by atoms with Gasteiger partial charge in [0.25, 0.3) is 0 Å². The molecule has 1 rings (SSSR count). The van der Waals surface area contributed by atoms with Crippen LogP contribution in [0, 0.1) is 0 Å². The van der Waals surface area contributed by atoms with E-state index in [1.54, 1.807) is 0 Å². The van der Waals surface area contributed by atoms with Gasteiger partial charge in [-0.25, -0.2) is 0 Å². The van der Waals surface area contributed by atoms with Crippen molar-refractivity contribution in [1.29, 1.82) is 0 Å². The molecule has 1 aromatic heterocycles. The molecule has 2 nitrogen and oxygen atoms in total. The van der Waals surface area contributed by atoms with E-state index < -0.39 is 0 Å². The summed E-state index contributed by atoms with van der Waals surface area (Å²) in [5, 5.41) is 3.18. The van der Waals surface area contributed by atoms with Crippen LogP contribution in [0.4, 0.5) is 5.69 Å². The zero-order valence-electron chi connectivity index (χ0n) is 8.02. The molecule has 0 aromatic carbocycles. The lowest BCUT2D eigenvalue weighted by atomic mass is 10.1. The van der Waals surface area contributed by atoms with Crippen LogP contribution in [0.15, 0.2) is 12.3 Å². The van der Waals surface area contributed by atoms with Gasteiger partial charge in [0.05, 0.1) is 0 Å². The fraction of sp³-hybridized carbons (Fsp3) is 0.500. The van der Waals surface area contributed by atoms with E-state index in [9.17, 15) is 0 Å². The van der Waals surface area contributed by atoms with Crippen molar-refractivity contribution in [3.8, 4) is 0 Å². The Hall–Kier alpha value is -1.05. The first kappa shape index (κ1) is 9.04. The Morgan fingerprint density at radius 3 is 2.58 bits per heavy atom. The van der Waals surface area contributed by atoms with Crippen LogP contribution in [-0.2, 0) is 12.8 Å². The van der Waals surface area contributed by atoms with Crippen molar-refractivity contribution in [2.75, 3.05) is 12.4 Å². The van der Waals surface area contributed by atoms with Gasteiger partial charge in [-0.2, -0.15) is 0 Å². The van der Waals surface area contributed by atoms with E-state index >= 15 is 0 Å². The smallest absolute Gasteiger partial charge is 0.0453 e. The number of pyridine rings is 1. The molecule has 0 saturated heterocycles. The van der Waals surface area contributed by atoms with Gasteiger partial charge in [-0.1, -0.05) is 13.8 Å². The minimum atomic E-state index is 1.01. The second-order valence-corrected chi connectivity index (χ2v) is 2.74. The molecule has 0 radical (unpaired) electrons. The Balaban J connectivity index is 3.13. The van der Waals surface area contributed by atoms with Crippen molar-refractivity contribution in [3.05, 3.63) is 23.5 Å². The van der Waals surface area contributed by atoms with Crippen molar-refractivity contribution in [3.63, 3.8) is 0 Å². The highest BCUT2D eigenvalue weighted by molar-refractivity contribution is 5.51. The molecule has 1 heterocycles. The minimum Gasteiger partial charge on any atom is -0.388 e. The minimum absolute atomic E-state index is 1.01. The molecular weight excluding hydrogens is 148 g/mol. The molecule has 0 amide bonds. The van der Waals surface area contributed by atoms with Gasteiger partial charge in [0, 0.05) is 24.6 Å². The van der Waals surface area contributed by atoms with Crippen molar-refractivity contribution in [2.45, 2.75) is 26.7 Å². The summed E-state index contributed by atoms with van der Waals surface area (Å²) in [6.07, 6.45) is 3.93. The topological polar surface area (TPSA) is 24.9 Å². The molecule has 0 aliphatic heterocycles. The Labute approximate surface area is 74.0 Å². The van der Waals surface area contributed by atoms with Crippen LogP contribution in [0.2, 0.25) is 0 Å². The zero-order chi connectivity index (χ0) is 8.97. The van der Waals surface area contributed by atoms with E-state index in [0.29, 0.717) is 0 Å². The van der Waals surface area contributed by atoms with Crippen LogP contribution in [0.5, 0.6) is 0 Å². The number of nitrogens with zero attached hydrogens (tertiary/aromatic N) is 1. The maximum absolute atomic E-state index is 4.34. The molecule has 0 aliphatic rings. The van der Waals surface area contributed by atoms with Gasteiger partial charge in [-0.15, -0.1) is 0 Å². The molecule has 1 aromatic rings. The SMILES string of the molecule is CCc1nccc(NC)c1CC. The molecule has 0 spiro atoms. The average molecular weight is 164 g/mol. The highest BCUT2D eigenvalue weighted by Crippen LogP contribution is 2.18. The third-order valence-corrected chi connectivity index (χ3v) is 2.10. The number of hydrogen-bond donors (Lipinski definition) is 1. The number of anilines is 1. The van der Waals surface area contributed by atoms with Crippen molar-refractivity contribution < 1.29 is 0 Å². The van der Waals surface area contributed by atoms with Crippen LogP contribution in [-0.4, -0.2) is 12.0 Å². The molecule has 66 valence electrons. The largest absolute Gasteiger partial charge is 0.388 e. The summed E-state index contributed by atoms with van der Waals surface area (Å²) < 4.78 is 0. The van der Waals surface area contributed by atoms with Crippen LogP contribution in [0.1, 0.15) is 25.1 Å². The Morgan fingerprint density at radius 2 is 2.08 bits per heavy atom. The van der Waals surface area contributed by atoms with Crippen molar-refractivity contribution in [2.24, 2.45) is 0 Å².